The maximum atomic E-state index is 13.3. The molecule has 7 heteroatoms. The molecule has 1 fully saturated rings. The van der Waals surface area contributed by atoms with Crippen LogP contribution in [-0.2, 0) is 11.3 Å². The Bertz CT molecular complexity index is 1060. The molecule has 3 aromatic rings. The van der Waals surface area contributed by atoms with Gasteiger partial charge in [0, 0.05) is 6.54 Å². The summed E-state index contributed by atoms with van der Waals surface area (Å²) in [6.45, 7) is 0.315. The molecule has 2 atom stereocenters. The van der Waals surface area contributed by atoms with Crippen molar-refractivity contribution >= 4 is 5.91 Å². The van der Waals surface area contributed by atoms with Crippen molar-refractivity contribution in [3.8, 4) is 23.0 Å². The predicted molar refractivity (Wildman–Crippen MR) is 117 cm³/mol. The first-order valence-electron chi connectivity index (χ1n) is 10.1. The molecule has 0 spiro atoms. The Kier molecular flexibility index (Phi) is 6.16. The van der Waals surface area contributed by atoms with Crippen LogP contribution in [0.3, 0.4) is 0 Å². The van der Waals surface area contributed by atoms with E-state index in [9.17, 15) is 9.18 Å². The summed E-state index contributed by atoms with van der Waals surface area (Å²) in [5.41, 5.74) is 1.59. The molecule has 3 aromatic carbocycles. The molecule has 1 amide bonds. The fraction of sp³-hybridized carbons (Fsp3) is 0.240. The van der Waals surface area contributed by atoms with Gasteiger partial charge < -0.3 is 23.8 Å². The zero-order chi connectivity index (χ0) is 22.7. The standard InChI is InChI=1S/C25H24FNO5/c1-29-20-13-17(14-21(30-2)23(20)31-3)22-24(32-19-7-5-4-6-8-19)25(28)27(22)15-16-9-11-18(26)12-10-16/h4-14,22,24H,15H2,1-3H3/t22-,24-/m1/s1. The summed E-state index contributed by atoms with van der Waals surface area (Å²) in [4.78, 5) is 14.8. The summed E-state index contributed by atoms with van der Waals surface area (Å²) < 4.78 is 35.8. The number of benzene rings is 3. The molecule has 0 N–H and O–H groups in total. The van der Waals surface area contributed by atoms with E-state index in [0.29, 0.717) is 29.5 Å². The molecule has 1 aliphatic rings. The minimum atomic E-state index is -0.722. The molecule has 1 heterocycles. The van der Waals surface area contributed by atoms with Gasteiger partial charge in [-0.05, 0) is 47.5 Å². The SMILES string of the molecule is COc1cc([C@@H]2[C@@H](Oc3ccccc3)C(=O)N2Cc2ccc(F)cc2)cc(OC)c1OC. The van der Waals surface area contributed by atoms with Gasteiger partial charge in [0.05, 0.1) is 21.3 Å². The number of β-lactam (4-membered cyclic amide) rings is 1. The van der Waals surface area contributed by atoms with Crippen LogP contribution in [0.5, 0.6) is 23.0 Å². The zero-order valence-electron chi connectivity index (χ0n) is 18.1. The molecular weight excluding hydrogens is 413 g/mol. The number of hydrogen-bond acceptors (Lipinski definition) is 5. The summed E-state index contributed by atoms with van der Waals surface area (Å²) >= 11 is 0. The third-order valence-corrected chi connectivity index (χ3v) is 5.45. The molecule has 166 valence electrons. The monoisotopic (exact) mass is 437 g/mol. The number of carbonyl (C=O) groups is 1. The summed E-state index contributed by atoms with van der Waals surface area (Å²) in [5, 5.41) is 0. The highest BCUT2D eigenvalue weighted by Gasteiger charge is 2.50. The number of likely N-dealkylation sites (tertiary alicyclic amines) is 1. The van der Waals surface area contributed by atoms with Crippen molar-refractivity contribution in [1.29, 1.82) is 0 Å². The number of para-hydroxylation sites is 1. The average Bonchev–Trinajstić information content (AvgIpc) is 2.83. The number of carbonyl (C=O) groups excluding carboxylic acids is 1. The number of hydrogen-bond donors (Lipinski definition) is 0. The molecule has 1 saturated heterocycles. The molecule has 0 saturated carbocycles. The lowest BCUT2D eigenvalue weighted by molar-refractivity contribution is -0.165. The van der Waals surface area contributed by atoms with Gasteiger partial charge in [0.25, 0.3) is 5.91 Å². The van der Waals surface area contributed by atoms with Gasteiger partial charge in [0.15, 0.2) is 11.5 Å². The van der Waals surface area contributed by atoms with Crippen LogP contribution in [0.4, 0.5) is 4.39 Å². The van der Waals surface area contributed by atoms with Crippen LogP contribution in [0.15, 0.2) is 66.7 Å². The molecule has 0 aromatic heterocycles. The van der Waals surface area contributed by atoms with Gasteiger partial charge in [-0.1, -0.05) is 30.3 Å². The highest BCUT2D eigenvalue weighted by Crippen LogP contribution is 2.45. The predicted octanol–water partition coefficient (Wildman–Crippen LogP) is 4.38. The number of nitrogens with zero attached hydrogens (tertiary/aromatic N) is 1. The minimum Gasteiger partial charge on any atom is -0.493 e. The molecule has 1 aliphatic heterocycles. The van der Waals surface area contributed by atoms with Crippen molar-refractivity contribution in [3.63, 3.8) is 0 Å². The second-order valence-electron chi connectivity index (χ2n) is 7.35. The van der Waals surface area contributed by atoms with Gasteiger partial charge in [-0.3, -0.25) is 4.79 Å². The van der Waals surface area contributed by atoms with Gasteiger partial charge in [0.1, 0.15) is 17.6 Å². The Labute approximate surface area is 186 Å². The first kappa shape index (κ1) is 21.5. The fourth-order valence-electron chi connectivity index (χ4n) is 3.87. The van der Waals surface area contributed by atoms with E-state index in [0.717, 1.165) is 11.1 Å². The van der Waals surface area contributed by atoms with E-state index in [-0.39, 0.29) is 11.7 Å². The van der Waals surface area contributed by atoms with Gasteiger partial charge in [-0.2, -0.15) is 0 Å². The minimum absolute atomic E-state index is 0.156. The summed E-state index contributed by atoms with van der Waals surface area (Å²) in [5.74, 6) is 1.56. The Morgan fingerprint density at radius 2 is 1.50 bits per heavy atom. The van der Waals surface area contributed by atoms with Crippen molar-refractivity contribution in [3.05, 3.63) is 83.7 Å². The van der Waals surface area contributed by atoms with Crippen molar-refractivity contribution in [2.75, 3.05) is 21.3 Å². The van der Waals surface area contributed by atoms with Gasteiger partial charge in [0.2, 0.25) is 11.9 Å². The summed E-state index contributed by atoms with van der Waals surface area (Å²) in [6, 6.07) is 18.5. The van der Waals surface area contributed by atoms with Crippen LogP contribution in [0.1, 0.15) is 17.2 Å². The largest absolute Gasteiger partial charge is 0.493 e. The lowest BCUT2D eigenvalue weighted by Crippen LogP contribution is -2.60. The van der Waals surface area contributed by atoms with E-state index < -0.39 is 12.1 Å². The van der Waals surface area contributed by atoms with Crippen LogP contribution in [-0.4, -0.2) is 38.2 Å². The number of methoxy groups -OCH3 is 3. The second-order valence-corrected chi connectivity index (χ2v) is 7.35. The Morgan fingerprint density at radius 3 is 2.06 bits per heavy atom. The van der Waals surface area contributed by atoms with Gasteiger partial charge in [-0.25, -0.2) is 4.39 Å². The number of halogens is 1. The van der Waals surface area contributed by atoms with Crippen LogP contribution < -0.4 is 18.9 Å². The molecule has 0 bridgehead atoms. The third kappa shape index (κ3) is 4.06. The average molecular weight is 437 g/mol. The van der Waals surface area contributed by atoms with Crippen LogP contribution >= 0.6 is 0 Å². The normalized spacial score (nSPS) is 17.5. The molecule has 0 radical (unpaired) electrons. The highest BCUT2D eigenvalue weighted by molar-refractivity contribution is 5.89. The smallest absolute Gasteiger partial charge is 0.267 e. The van der Waals surface area contributed by atoms with Crippen molar-refractivity contribution in [1.82, 2.24) is 4.90 Å². The van der Waals surface area contributed by atoms with Crippen molar-refractivity contribution in [2.24, 2.45) is 0 Å². The quantitative estimate of drug-likeness (QED) is 0.490. The van der Waals surface area contributed by atoms with E-state index in [2.05, 4.69) is 0 Å². The second kappa shape index (κ2) is 9.18. The summed E-state index contributed by atoms with van der Waals surface area (Å²) in [7, 11) is 4.62. The van der Waals surface area contributed by atoms with Gasteiger partial charge in [-0.15, -0.1) is 0 Å². The summed E-state index contributed by atoms with van der Waals surface area (Å²) in [6.07, 6.45) is -0.722. The highest BCUT2D eigenvalue weighted by atomic mass is 19.1. The molecular formula is C25H24FNO5. The van der Waals surface area contributed by atoms with Crippen molar-refractivity contribution < 1.29 is 28.1 Å². The topological polar surface area (TPSA) is 57.2 Å². The van der Waals surface area contributed by atoms with Crippen molar-refractivity contribution in [2.45, 2.75) is 18.7 Å². The Hall–Kier alpha value is -3.74. The van der Waals surface area contributed by atoms with E-state index in [1.807, 2.05) is 42.5 Å². The molecule has 0 unspecified atom stereocenters. The Balaban J connectivity index is 1.71. The first-order chi connectivity index (χ1) is 15.5. The number of amides is 1. The fourth-order valence-corrected chi connectivity index (χ4v) is 3.87. The molecule has 32 heavy (non-hydrogen) atoms. The zero-order valence-corrected chi connectivity index (χ0v) is 18.1. The van der Waals surface area contributed by atoms with Crippen LogP contribution in [0.2, 0.25) is 0 Å². The van der Waals surface area contributed by atoms with E-state index >= 15 is 0 Å². The van der Waals surface area contributed by atoms with E-state index in [1.165, 1.54) is 19.2 Å². The van der Waals surface area contributed by atoms with Crippen LogP contribution in [0.25, 0.3) is 0 Å². The first-order valence-corrected chi connectivity index (χ1v) is 10.1. The molecule has 4 rings (SSSR count). The molecule has 0 aliphatic carbocycles. The lowest BCUT2D eigenvalue weighted by Gasteiger charge is -2.47. The lowest BCUT2D eigenvalue weighted by atomic mass is 9.89. The Morgan fingerprint density at radius 1 is 0.875 bits per heavy atom. The van der Waals surface area contributed by atoms with Crippen LogP contribution in [0, 0.1) is 5.82 Å². The maximum Gasteiger partial charge on any atom is 0.267 e. The van der Waals surface area contributed by atoms with E-state index in [4.69, 9.17) is 18.9 Å². The van der Waals surface area contributed by atoms with Gasteiger partial charge >= 0.3 is 0 Å². The maximum absolute atomic E-state index is 13.3. The van der Waals surface area contributed by atoms with E-state index in [1.54, 1.807) is 31.3 Å². The number of rotatable bonds is 8. The third-order valence-electron chi connectivity index (χ3n) is 5.45. The number of ether oxygens (including phenoxy) is 4. The molecule has 6 nitrogen and oxygen atoms in total.